The second kappa shape index (κ2) is 10.3. The van der Waals surface area contributed by atoms with Crippen molar-refractivity contribution in [2.75, 3.05) is 32.6 Å². The van der Waals surface area contributed by atoms with Crippen molar-refractivity contribution < 1.29 is 23.0 Å². The van der Waals surface area contributed by atoms with Crippen LogP contribution < -0.4 is 14.8 Å². The molecule has 0 bridgehead atoms. The summed E-state index contributed by atoms with van der Waals surface area (Å²) in [6.07, 6.45) is 0. The number of likely N-dealkylation sites (N-methyl/N-ethyl adjacent to an activating group) is 1. The Bertz CT molecular complexity index is 1290. The van der Waals surface area contributed by atoms with Gasteiger partial charge in [0.2, 0.25) is 0 Å². The summed E-state index contributed by atoms with van der Waals surface area (Å²) in [5.41, 5.74) is 1.49. The monoisotopic (exact) mass is 466 g/mol. The molecule has 0 aliphatic carbocycles. The van der Waals surface area contributed by atoms with Crippen molar-refractivity contribution in [2.45, 2.75) is 6.61 Å². The first-order valence-electron chi connectivity index (χ1n) is 10.6. The van der Waals surface area contributed by atoms with Crippen LogP contribution in [0.3, 0.4) is 0 Å². The van der Waals surface area contributed by atoms with Crippen molar-refractivity contribution in [2.24, 2.45) is 0 Å². The van der Waals surface area contributed by atoms with Gasteiger partial charge >= 0.3 is 0 Å². The summed E-state index contributed by atoms with van der Waals surface area (Å²) < 4.78 is 38.2. The molecule has 1 amide bonds. The molecule has 0 saturated heterocycles. The second-order valence-electron chi connectivity index (χ2n) is 7.98. The first-order valence-corrected chi connectivity index (χ1v) is 10.6. The highest BCUT2D eigenvalue weighted by Crippen LogP contribution is 2.27. The number of ether oxygens (including phenoxy) is 2. The Balaban J connectivity index is 1.45. The van der Waals surface area contributed by atoms with Crippen LogP contribution in [0.2, 0.25) is 0 Å². The smallest absolute Gasteiger partial charge is 0.257 e. The maximum atomic E-state index is 13.4. The van der Waals surface area contributed by atoms with Crippen LogP contribution in [0.25, 0.3) is 10.9 Å². The van der Waals surface area contributed by atoms with Gasteiger partial charge in [-0.05, 0) is 68.2 Å². The van der Waals surface area contributed by atoms with Gasteiger partial charge in [-0.3, -0.25) is 9.89 Å². The normalized spacial score (nSPS) is 11.1. The average Bonchev–Trinajstić information content (AvgIpc) is 3.19. The van der Waals surface area contributed by atoms with Crippen LogP contribution in [0.1, 0.15) is 15.9 Å². The lowest BCUT2D eigenvalue weighted by molar-refractivity contribution is 0.102. The number of H-pyrrole nitrogens is 1. The zero-order chi connectivity index (χ0) is 24.1. The van der Waals surface area contributed by atoms with Crippen LogP contribution in [0.4, 0.5) is 14.6 Å². The molecular formula is C25H24F2N4O3. The van der Waals surface area contributed by atoms with Gasteiger partial charge in [0.15, 0.2) is 5.82 Å². The molecule has 3 aromatic carbocycles. The zero-order valence-electron chi connectivity index (χ0n) is 18.8. The fraction of sp³-hybridized carbons (Fsp3) is 0.200. The Morgan fingerprint density at radius 1 is 1.00 bits per heavy atom. The van der Waals surface area contributed by atoms with Gasteiger partial charge in [-0.25, -0.2) is 8.78 Å². The van der Waals surface area contributed by atoms with Gasteiger partial charge in [0, 0.05) is 23.6 Å². The molecule has 4 rings (SSSR count). The molecule has 2 N–H and O–H groups in total. The van der Waals surface area contributed by atoms with E-state index >= 15 is 0 Å². The van der Waals surface area contributed by atoms with Crippen molar-refractivity contribution in [1.82, 2.24) is 15.1 Å². The Labute approximate surface area is 195 Å². The van der Waals surface area contributed by atoms with E-state index in [9.17, 15) is 13.6 Å². The lowest BCUT2D eigenvalue weighted by atomic mass is 10.2. The molecule has 0 saturated carbocycles. The summed E-state index contributed by atoms with van der Waals surface area (Å²) in [5.74, 6) is -0.271. The van der Waals surface area contributed by atoms with Crippen molar-refractivity contribution in [3.8, 4) is 11.5 Å². The van der Waals surface area contributed by atoms with Gasteiger partial charge in [-0.15, -0.1) is 0 Å². The van der Waals surface area contributed by atoms with E-state index < -0.39 is 11.6 Å². The summed E-state index contributed by atoms with van der Waals surface area (Å²) in [7, 11) is 3.92. The maximum Gasteiger partial charge on any atom is 0.257 e. The van der Waals surface area contributed by atoms with Crippen molar-refractivity contribution in [3.63, 3.8) is 0 Å². The van der Waals surface area contributed by atoms with Crippen molar-refractivity contribution in [1.29, 1.82) is 0 Å². The zero-order valence-corrected chi connectivity index (χ0v) is 18.8. The number of aromatic amines is 1. The molecule has 0 unspecified atom stereocenters. The lowest BCUT2D eigenvalue weighted by Gasteiger charge is -2.11. The molecule has 176 valence electrons. The number of amides is 1. The molecule has 34 heavy (non-hydrogen) atoms. The third kappa shape index (κ3) is 5.87. The molecule has 0 radical (unpaired) electrons. The predicted molar refractivity (Wildman–Crippen MR) is 125 cm³/mol. The Morgan fingerprint density at radius 3 is 2.53 bits per heavy atom. The Hall–Kier alpha value is -3.98. The van der Waals surface area contributed by atoms with Gasteiger partial charge in [0.1, 0.15) is 36.3 Å². The molecular weight excluding hydrogens is 442 g/mol. The van der Waals surface area contributed by atoms with Gasteiger partial charge in [0.25, 0.3) is 5.91 Å². The standard InChI is InChI=1S/C25H24F2N4O3/c1-31(2)8-9-33-20-5-3-4-17(12-20)25(32)28-24-22-14-21(6-7-23(22)29-30-24)34-15-16-10-18(26)13-19(27)11-16/h3-7,10-14H,8-9,15H2,1-2H3,(H2,28,29,30,32). The van der Waals surface area contributed by atoms with Gasteiger partial charge in [-0.1, -0.05) is 6.07 Å². The number of halogens is 2. The number of hydrogen-bond donors (Lipinski definition) is 2. The number of benzene rings is 3. The molecule has 4 aromatic rings. The van der Waals surface area contributed by atoms with E-state index in [4.69, 9.17) is 9.47 Å². The molecule has 7 nitrogen and oxygen atoms in total. The minimum atomic E-state index is -0.666. The number of aromatic nitrogens is 2. The van der Waals surface area contributed by atoms with E-state index in [2.05, 4.69) is 15.5 Å². The third-order valence-corrected chi connectivity index (χ3v) is 5.00. The molecule has 9 heteroatoms. The molecule has 0 fully saturated rings. The highest BCUT2D eigenvalue weighted by atomic mass is 19.1. The predicted octanol–water partition coefficient (Wildman–Crippen LogP) is 4.61. The summed E-state index contributed by atoms with van der Waals surface area (Å²) in [5, 5.41) is 10.5. The summed E-state index contributed by atoms with van der Waals surface area (Å²) in [6.45, 7) is 1.25. The van der Waals surface area contributed by atoms with Crippen LogP contribution in [-0.4, -0.2) is 48.3 Å². The minimum Gasteiger partial charge on any atom is -0.492 e. The van der Waals surface area contributed by atoms with E-state index in [0.717, 1.165) is 12.6 Å². The van der Waals surface area contributed by atoms with E-state index in [1.54, 1.807) is 42.5 Å². The fourth-order valence-corrected chi connectivity index (χ4v) is 3.29. The van der Waals surface area contributed by atoms with Crippen LogP contribution >= 0.6 is 0 Å². The SMILES string of the molecule is CN(C)CCOc1cccc(C(=O)Nc2n[nH]c3ccc(OCc4cc(F)cc(F)c4)cc23)c1. The summed E-state index contributed by atoms with van der Waals surface area (Å²) in [4.78, 5) is 14.8. The van der Waals surface area contributed by atoms with Crippen molar-refractivity contribution >= 4 is 22.6 Å². The first-order chi connectivity index (χ1) is 16.4. The van der Waals surface area contributed by atoms with Crippen LogP contribution in [0.5, 0.6) is 11.5 Å². The molecule has 0 spiro atoms. The molecule has 1 heterocycles. The van der Waals surface area contributed by atoms with E-state index in [1.807, 2.05) is 19.0 Å². The lowest BCUT2D eigenvalue weighted by Crippen LogP contribution is -2.19. The Kier molecular flexibility index (Phi) is 7.03. The average molecular weight is 466 g/mol. The highest BCUT2D eigenvalue weighted by Gasteiger charge is 2.13. The van der Waals surface area contributed by atoms with E-state index in [0.29, 0.717) is 46.0 Å². The number of rotatable bonds is 9. The second-order valence-corrected chi connectivity index (χ2v) is 7.98. The quantitative estimate of drug-likeness (QED) is 0.377. The number of carbonyl (C=O) groups excluding carboxylic acids is 1. The summed E-state index contributed by atoms with van der Waals surface area (Å²) in [6, 6.07) is 15.3. The van der Waals surface area contributed by atoms with Crippen LogP contribution in [-0.2, 0) is 6.61 Å². The number of anilines is 1. The number of carbonyl (C=O) groups is 1. The van der Waals surface area contributed by atoms with Crippen molar-refractivity contribution in [3.05, 3.63) is 83.4 Å². The van der Waals surface area contributed by atoms with E-state index in [1.165, 1.54) is 12.1 Å². The minimum absolute atomic E-state index is 0.0135. The molecule has 0 aliphatic heterocycles. The van der Waals surface area contributed by atoms with Gasteiger partial charge < -0.3 is 19.7 Å². The Morgan fingerprint density at radius 2 is 1.76 bits per heavy atom. The third-order valence-electron chi connectivity index (χ3n) is 5.00. The number of nitrogens with one attached hydrogen (secondary N) is 2. The van der Waals surface area contributed by atoms with Crippen LogP contribution in [0.15, 0.2) is 60.7 Å². The molecule has 0 atom stereocenters. The van der Waals surface area contributed by atoms with Crippen LogP contribution in [0, 0.1) is 11.6 Å². The van der Waals surface area contributed by atoms with Gasteiger partial charge in [0.05, 0.1) is 5.52 Å². The first kappa shape index (κ1) is 23.2. The molecule has 1 aromatic heterocycles. The summed E-state index contributed by atoms with van der Waals surface area (Å²) >= 11 is 0. The number of hydrogen-bond acceptors (Lipinski definition) is 5. The highest BCUT2D eigenvalue weighted by molar-refractivity contribution is 6.08. The van der Waals surface area contributed by atoms with Gasteiger partial charge in [-0.2, -0.15) is 5.10 Å². The number of fused-ring (bicyclic) bond motifs is 1. The largest absolute Gasteiger partial charge is 0.492 e. The van der Waals surface area contributed by atoms with E-state index in [-0.39, 0.29) is 12.5 Å². The topological polar surface area (TPSA) is 79.5 Å². The maximum absolute atomic E-state index is 13.4. The fourth-order valence-electron chi connectivity index (χ4n) is 3.29. The molecule has 0 aliphatic rings. The number of nitrogens with zero attached hydrogens (tertiary/aromatic N) is 2.